The van der Waals surface area contributed by atoms with Gasteiger partial charge in [0.15, 0.2) is 5.78 Å². The maximum absolute atomic E-state index is 12.0. The molecule has 0 aromatic rings. The first-order valence-electron chi connectivity index (χ1n) is 6.67. The number of Topliss-reactive ketones (excluding diaryl/α,β-unsaturated/α-hetero) is 1. The summed E-state index contributed by atoms with van der Waals surface area (Å²) < 4.78 is 0. The Morgan fingerprint density at radius 3 is 2.78 bits per heavy atom. The maximum atomic E-state index is 12.0. The molecule has 0 aliphatic heterocycles. The Bertz CT molecular complexity index is 410. The molecule has 2 rings (SSSR count). The topological polar surface area (TPSA) is 74.6 Å². The van der Waals surface area contributed by atoms with E-state index in [-0.39, 0.29) is 23.7 Å². The van der Waals surface area contributed by atoms with E-state index in [0.29, 0.717) is 24.8 Å². The van der Waals surface area contributed by atoms with Crippen molar-refractivity contribution in [2.75, 3.05) is 0 Å². The minimum atomic E-state index is -0.873. The van der Waals surface area contributed by atoms with Crippen LogP contribution in [0.3, 0.4) is 0 Å². The maximum Gasteiger partial charge on any atom is 0.303 e. The van der Waals surface area contributed by atoms with E-state index in [0.717, 1.165) is 24.8 Å². The molecule has 18 heavy (non-hydrogen) atoms. The van der Waals surface area contributed by atoms with Gasteiger partial charge in [0.05, 0.1) is 6.10 Å². The van der Waals surface area contributed by atoms with Crippen LogP contribution < -0.4 is 0 Å². The normalized spacial score (nSPS) is 31.7. The van der Waals surface area contributed by atoms with Crippen LogP contribution in [0.1, 0.15) is 51.9 Å². The lowest BCUT2D eigenvalue weighted by Gasteiger charge is -2.38. The first-order chi connectivity index (χ1) is 8.51. The SMILES string of the molecule is CC[C@@]12CCC(=O)C(CCC(=O)O)=C1CC[C@H]2O. The molecule has 0 saturated heterocycles. The number of carbonyl (C=O) groups excluding carboxylic acids is 1. The molecule has 0 aromatic heterocycles. The van der Waals surface area contributed by atoms with Gasteiger partial charge in [0.2, 0.25) is 0 Å². The van der Waals surface area contributed by atoms with Crippen molar-refractivity contribution in [2.24, 2.45) is 5.41 Å². The summed E-state index contributed by atoms with van der Waals surface area (Å²) in [5.74, 6) is -0.786. The third-order valence-corrected chi connectivity index (χ3v) is 4.63. The van der Waals surface area contributed by atoms with Crippen molar-refractivity contribution in [3.8, 4) is 0 Å². The lowest BCUT2D eigenvalue weighted by molar-refractivity contribution is -0.136. The molecule has 4 nitrogen and oxygen atoms in total. The van der Waals surface area contributed by atoms with Crippen LogP contribution in [-0.2, 0) is 9.59 Å². The molecule has 0 radical (unpaired) electrons. The van der Waals surface area contributed by atoms with Gasteiger partial charge in [-0.15, -0.1) is 0 Å². The molecule has 100 valence electrons. The van der Waals surface area contributed by atoms with Crippen molar-refractivity contribution in [1.29, 1.82) is 0 Å². The van der Waals surface area contributed by atoms with Crippen LogP contribution >= 0.6 is 0 Å². The van der Waals surface area contributed by atoms with Crippen LogP contribution in [0.15, 0.2) is 11.1 Å². The predicted molar refractivity (Wildman–Crippen MR) is 66.1 cm³/mol. The molecule has 0 spiro atoms. The van der Waals surface area contributed by atoms with Crippen molar-refractivity contribution in [3.05, 3.63) is 11.1 Å². The van der Waals surface area contributed by atoms with Crippen molar-refractivity contribution < 1.29 is 19.8 Å². The number of hydrogen-bond donors (Lipinski definition) is 2. The van der Waals surface area contributed by atoms with E-state index in [1.54, 1.807) is 0 Å². The zero-order valence-corrected chi connectivity index (χ0v) is 10.7. The van der Waals surface area contributed by atoms with E-state index in [9.17, 15) is 14.7 Å². The lowest BCUT2D eigenvalue weighted by atomic mass is 9.67. The molecule has 2 atom stereocenters. The molecule has 0 amide bonds. The van der Waals surface area contributed by atoms with Crippen molar-refractivity contribution in [2.45, 2.75) is 58.0 Å². The summed E-state index contributed by atoms with van der Waals surface area (Å²) in [4.78, 5) is 22.7. The Morgan fingerprint density at radius 1 is 1.44 bits per heavy atom. The second kappa shape index (κ2) is 4.84. The number of aliphatic hydroxyl groups is 1. The summed E-state index contributed by atoms with van der Waals surface area (Å²) in [5, 5.41) is 19.0. The first-order valence-corrected chi connectivity index (χ1v) is 6.67. The van der Waals surface area contributed by atoms with E-state index < -0.39 is 5.97 Å². The van der Waals surface area contributed by atoms with Crippen LogP contribution in [0.4, 0.5) is 0 Å². The quantitative estimate of drug-likeness (QED) is 0.803. The fraction of sp³-hybridized carbons (Fsp3) is 0.714. The zero-order valence-electron chi connectivity index (χ0n) is 10.7. The van der Waals surface area contributed by atoms with E-state index in [1.165, 1.54) is 0 Å². The summed E-state index contributed by atoms with van der Waals surface area (Å²) in [6.45, 7) is 2.04. The summed E-state index contributed by atoms with van der Waals surface area (Å²) in [6, 6.07) is 0. The van der Waals surface area contributed by atoms with Gasteiger partial charge in [0.25, 0.3) is 0 Å². The van der Waals surface area contributed by atoms with Gasteiger partial charge in [-0.2, -0.15) is 0 Å². The summed E-state index contributed by atoms with van der Waals surface area (Å²) in [7, 11) is 0. The third kappa shape index (κ3) is 1.99. The highest BCUT2D eigenvalue weighted by Gasteiger charge is 2.48. The zero-order chi connectivity index (χ0) is 13.3. The highest BCUT2D eigenvalue weighted by Crippen LogP contribution is 2.53. The van der Waals surface area contributed by atoms with Crippen molar-refractivity contribution in [1.82, 2.24) is 0 Å². The number of aliphatic hydroxyl groups excluding tert-OH is 1. The highest BCUT2D eigenvalue weighted by atomic mass is 16.4. The number of carbonyl (C=O) groups is 2. The third-order valence-electron chi connectivity index (χ3n) is 4.63. The molecule has 2 aliphatic carbocycles. The van der Waals surface area contributed by atoms with Gasteiger partial charge in [-0.25, -0.2) is 0 Å². The number of aliphatic carboxylic acids is 1. The monoisotopic (exact) mass is 252 g/mol. The minimum absolute atomic E-state index is 0.000459. The standard InChI is InChI=1S/C14H20O4/c1-2-14-8-7-11(15)9(3-6-13(17)18)10(14)4-5-12(14)16/h12,16H,2-8H2,1H3,(H,17,18)/t12-,14-/m1/s1. The molecule has 0 aromatic carbocycles. The second-order valence-corrected chi connectivity index (χ2v) is 5.34. The Balaban J connectivity index is 2.35. The van der Waals surface area contributed by atoms with Crippen molar-refractivity contribution >= 4 is 11.8 Å². The van der Waals surface area contributed by atoms with E-state index in [1.807, 2.05) is 6.92 Å². The number of carboxylic acids is 1. The molecule has 0 unspecified atom stereocenters. The largest absolute Gasteiger partial charge is 0.481 e. The van der Waals surface area contributed by atoms with Gasteiger partial charge in [0, 0.05) is 18.3 Å². The summed E-state index contributed by atoms with van der Waals surface area (Å²) in [5.41, 5.74) is 1.50. The van der Waals surface area contributed by atoms with Gasteiger partial charge >= 0.3 is 5.97 Å². The minimum Gasteiger partial charge on any atom is -0.481 e. The first kappa shape index (κ1) is 13.3. The van der Waals surface area contributed by atoms with Gasteiger partial charge < -0.3 is 10.2 Å². The summed E-state index contributed by atoms with van der Waals surface area (Å²) >= 11 is 0. The number of rotatable bonds is 4. The smallest absolute Gasteiger partial charge is 0.303 e. The van der Waals surface area contributed by atoms with Crippen LogP contribution in [0.2, 0.25) is 0 Å². The highest BCUT2D eigenvalue weighted by molar-refractivity contribution is 5.98. The average Bonchev–Trinajstić information content (AvgIpc) is 2.66. The van der Waals surface area contributed by atoms with E-state index in [2.05, 4.69) is 0 Å². The number of hydrogen-bond acceptors (Lipinski definition) is 3. The molecule has 0 heterocycles. The molecule has 2 aliphatic rings. The molecule has 0 bridgehead atoms. The molecule has 2 N–H and O–H groups in total. The van der Waals surface area contributed by atoms with E-state index >= 15 is 0 Å². The molecule has 1 fully saturated rings. The fourth-order valence-electron chi connectivity index (χ4n) is 3.58. The van der Waals surface area contributed by atoms with Gasteiger partial charge in [-0.05, 0) is 37.7 Å². The Hall–Kier alpha value is -1.16. The van der Waals surface area contributed by atoms with Crippen LogP contribution in [0, 0.1) is 5.41 Å². The number of carboxylic acid groups (broad SMARTS) is 1. The number of allylic oxidation sites excluding steroid dienone is 1. The van der Waals surface area contributed by atoms with Crippen molar-refractivity contribution in [3.63, 3.8) is 0 Å². The average molecular weight is 252 g/mol. The van der Waals surface area contributed by atoms with Crippen LogP contribution in [0.25, 0.3) is 0 Å². The second-order valence-electron chi connectivity index (χ2n) is 5.34. The fourth-order valence-corrected chi connectivity index (χ4v) is 3.58. The lowest BCUT2D eigenvalue weighted by Crippen LogP contribution is -2.35. The Labute approximate surface area is 107 Å². The van der Waals surface area contributed by atoms with Gasteiger partial charge in [-0.3, -0.25) is 9.59 Å². The van der Waals surface area contributed by atoms with Gasteiger partial charge in [0.1, 0.15) is 0 Å². The van der Waals surface area contributed by atoms with E-state index in [4.69, 9.17) is 5.11 Å². The van der Waals surface area contributed by atoms with Crippen LogP contribution in [0.5, 0.6) is 0 Å². The van der Waals surface area contributed by atoms with Crippen LogP contribution in [-0.4, -0.2) is 28.1 Å². The van der Waals surface area contributed by atoms with Gasteiger partial charge in [-0.1, -0.05) is 12.5 Å². The Morgan fingerprint density at radius 2 is 2.17 bits per heavy atom. The number of fused-ring (bicyclic) bond motifs is 1. The Kier molecular flexibility index (Phi) is 3.57. The number of ketones is 1. The molecule has 4 heteroatoms. The summed E-state index contributed by atoms with van der Waals surface area (Å²) in [6.07, 6.45) is 3.39. The molecule has 1 saturated carbocycles. The molecular weight excluding hydrogens is 232 g/mol. The molecular formula is C14H20O4. The predicted octanol–water partition coefficient (Wildman–Crippen LogP) is 2.06.